The van der Waals surface area contributed by atoms with Crippen LogP contribution in [0, 0.1) is 13.8 Å². The lowest BCUT2D eigenvalue weighted by Crippen LogP contribution is -2.01. The van der Waals surface area contributed by atoms with Gasteiger partial charge < -0.3 is 10.5 Å². The van der Waals surface area contributed by atoms with E-state index in [0.29, 0.717) is 12.5 Å². The van der Waals surface area contributed by atoms with E-state index >= 15 is 0 Å². The van der Waals surface area contributed by atoms with Crippen LogP contribution >= 0.6 is 11.6 Å². The molecule has 0 aliphatic carbocycles. The molecule has 0 unspecified atom stereocenters. The van der Waals surface area contributed by atoms with Crippen molar-refractivity contribution in [3.05, 3.63) is 57.6 Å². The molecule has 2 nitrogen and oxygen atoms in total. The van der Waals surface area contributed by atoms with Gasteiger partial charge in [-0.05, 0) is 54.7 Å². The summed E-state index contributed by atoms with van der Waals surface area (Å²) in [6.45, 7) is 8.75. The SMILES string of the molecule is Cc1ccc(CN)c(Oc2cc(C(C)C)c(Cl)cc2C)c1. The summed E-state index contributed by atoms with van der Waals surface area (Å²) in [5.41, 5.74) is 10.1. The van der Waals surface area contributed by atoms with Gasteiger partial charge in [0, 0.05) is 17.1 Å². The molecule has 112 valence electrons. The molecule has 0 atom stereocenters. The predicted octanol–water partition coefficient (Wildman–Crippen LogP) is 5.33. The Morgan fingerprint density at radius 3 is 2.43 bits per heavy atom. The highest BCUT2D eigenvalue weighted by Crippen LogP contribution is 2.35. The van der Waals surface area contributed by atoms with E-state index in [1.807, 2.05) is 44.2 Å². The van der Waals surface area contributed by atoms with Crippen molar-refractivity contribution in [1.82, 2.24) is 0 Å². The number of hydrogen-bond donors (Lipinski definition) is 1. The lowest BCUT2D eigenvalue weighted by molar-refractivity contribution is 0.471. The first-order chi connectivity index (χ1) is 9.92. The maximum absolute atomic E-state index is 6.31. The number of halogens is 1. The van der Waals surface area contributed by atoms with Gasteiger partial charge in [-0.25, -0.2) is 0 Å². The zero-order chi connectivity index (χ0) is 15.6. The molecular formula is C18H22ClNO. The van der Waals surface area contributed by atoms with Gasteiger partial charge >= 0.3 is 0 Å². The Morgan fingerprint density at radius 2 is 1.81 bits per heavy atom. The fourth-order valence-corrected chi connectivity index (χ4v) is 2.70. The van der Waals surface area contributed by atoms with Crippen LogP contribution in [0.15, 0.2) is 30.3 Å². The van der Waals surface area contributed by atoms with E-state index in [9.17, 15) is 0 Å². The Labute approximate surface area is 131 Å². The minimum absolute atomic E-state index is 0.354. The molecule has 0 amide bonds. The molecule has 2 aromatic carbocycles. The van der Waals surface area contributed by atoms with Crippen molar-refractivity contribution in [3.63, 3.8) is 0 Å². The highest BCUT2D eigenvalue weighted by molar-refractivity contribution is 6.31. The molecule has 0 aliphatic rings. The number of ether oxygens (including phenoxy) is 1. The van der Waals surface area contributed by atoms with Gasteiger partial charge in [0.1, 0.15) is 11.5 Å². The number of aryl methyl sites for hydroxylation is 2. The smallest absolute Gasteiger partial charge is 0.132 e. The van der Waals surface area contributed by atoms with Crippen LogP contribution in [0.1, 0.15) is 42.0 Å². The minimum atomic E-state index is 0.354. The first-order valence-corrected chi connectivity index (χ1v) is 7.57. The number of rotatable bonds is 4. The van der Waals surface area contributed by atoms with Crippen LogP contribution in [-0.2, 0) is 6.54 Å². The summed E-state index contributed by atoms with van der Waals surface area (Å²) in [6, 6.07) is 10.1. The van der Waals surface area contributed by atoms with Gasteiger partial charge in [0.2, 0.25) is 0 Å². The van der Waals surface area contributed by atoms with Crippen molar-refractivity contribution in [1.29, 1.82) is 0 Å². The van der Waals surface area contributed by atoms with Crippen molar-refractivity contribution in [2.75, 3.05) is 0 Å². The fourth-order valence-electron chi connectivity index (χ4n) is 2.26. The molecule has 0 saturated heterocycles. The number of hydrogen-bond acceptors (Lipinski definition) is 2. The van der Waals surface area contributed by atoms with Gasteiger partial charge in [0.15, 0.2) is 0 Å². The zero-order valence-corrected chi connectivity index (χ0v) is 13.8. The summed E-state index contributed by atoms with van der Waals surface area (Å²) < 4.78 is 6.12. The molecular weight excluding hydrogens is 282 g/mol. The Kier molecular flexibility index (Phi) is 4.92. The molecule has 2 aromatic rings. The summed E-state index contributed by atoms with van der Waals surface area (Å²) in [6.07, 6.45) is 0. The highest BCUT2D eigenvalue weighted by atomic mass is 35.5. The summed E-state index contributed by atoms with van der Waals surface area (Å²) in [5, 5.41) is 0.790. The molecule has 0 heterocycles. The normalized spacial score (nSPS) is 11.0. The van der Waals surface area contributed by atoms with E-state index < -0.39 is 0 Å². The molecule has 0 aromatic heterocycles. The second-order valence-corrected chi connectivity index (χ2v) is 6.12. The molecule has 0 aliphatic heterocycles. The first kappa shape index (κ1) is 15.9. The quantitative estimate of drug-likeness (QED) is 0.828. The average Bonchev–Trinajstić information content (AvgIpc) is 2.41. The number of benzene rings is 2. The van der Waals surface area contributed by atoms with E-state index in [1.54, 1.807) is 0 Å². The summed E-state index contributed by atoms with van der Waals surface area (Å²) in [4.78, 5) is 0. The van der Waals surface area contributed by atoms with Crippen molar-refractivity contribution in [3.8, 4) is 11.5 Å². The molecule has 0 radical (unpaired) electrons. The van der Waals surface area contributed by atoms with Crippen LogP contribution < -0.4 is 10.5 Å². The van der Waals surface area contributed by atoms with Gasteiger partial charge in [0.05, 0.1) is 0 Å². The van der Waals surface area contributed by atoms with Crippen LogP contribution in [0.25, 0.3) is 0 Å². The van der Waals surface area contributed by atoms with Crippen molar-refractivity contribution >= 4 is 11.6 Å². The Balaban J connectivity index is 2.44. The summed E-state index contributed by atoms with van der Waals surface area (Å²) >= 11 is 6.31. The van der Waals surface area contributed by atoms with E-state index in [2.05, 4.69) is 13.8 Å². The third-order valence-corrected chi connectivity index (χ3v) is 3.91. The second-order valence-electron chi connectivity index (χ2n) is 5.71. The Morgan fingerprint density at radius 1 is 1.10 bits per heavy atom. The summed E-state index contributed by atoms with van der Waals surface area (Å²) in [7, 11) is 0. The Bertz CT molecular complexity index is 650. The topological polar surface area (TPSA) is 35.2 Å². The lowest BCUT2D eigenvalue weighted by Gasteiger charge is -2.16. The van der Waals surface area contributed by atoms with Crippen LogP contribution in [0.4, 0.5) is 0 Å². The van der Waals surface area contributed by atoms with E-state index in [-0.39, 0.29) is 0 Å². The van der Waals surface area contributed by atoms with Gasteiger partial charge in [-0.2, -0.15) is 0 Å². The molecule has 21 heavy (non-hydrogen) atoms. The molecule has 2 rings (SSSR count). The maximum atomic E-state index is 6.31. The maximum Gasteiger partial charge on any atom is 0.132 e. The third kappa shape index (κ3) is 3.58. The molecule has 0 saturated carbocycles. The lowest BCUT2D eigenvalue weighted by atomic mass is 10.0. The second kappa shape index (κ2) is 6.50. The zero-order valence-electron chi connectivity index (χ0n) is 13.0. The molecule has 3 heteroatoms. The van der Waals surface area contributed by atoms with E-state index in [0.717, 1.165) is 38.8 Å². The van der Waals surface area contributed by atoms with Gasteiger partial charge in [0.25, 0.3) is 0 Å². The summed E-state index contributed by atoms with van der Waals surface area (Å²) in [5.74, 6) is 2.01. The van der Waals surface area contributed by atoms with Crippen LogP contribution in [0.3, 0.4) is 0 Å². The van der Waals surface area contributed by atoms with Crippen LogP contribution in [0.5, 0.6) is 11.5 Å². The van der Waals surface area contributed by atoms with Crippen molar-refractivity contribution in [2.24, 2.45) is 5.73 Å². The van der Waals surface area contributed by atoms with E-state index in [1.165, 1.54) is 0 Å². The van der Waals surface area contributed by atoms with Gasteiger partial charge in [-0.15, -0.1) is 0 Å². The molecule has 2 N–H and O–H groups in total. The van der Waals surface area contributed by atoms with E-state index in [4.69, 9.17) is 22.1 Å². The predicted molar refractivity (Wildman–Crippen MR) is 89.4 cm³/mol. The highest BCUT2D eigenvalue weighted by Gasteiger charge is 2.12. The van der Waals surface area contributed by atoms with Crippen LogP contribution in [0.2, 0.25) is 5.02 Å². The monoisotopic (exact) mass is 303 g/mol. The van der Waals surface area contributed by atoms with Gasteiger partial charge in [-0.3, -0.25) is 0 Å². The molecule has 0 fully saturated rings. The molecule has 0 spiro atoms. The van der Waals surface area contributed by atoms with Crippen molar-refractivity contribution < 1.29 is 4.74 Å². The van der Waals surface area contributed by atoms with Gasteiger partial charge in [-0.1, -0.05) is 37.6 Å². The first-order valence-electron chi connectivity index (χ1n) is 7.20. The number of nitrogens with two attached hydrogens (primary N) is 1. The van der Waals surface area contributed by atoms with Crippen LogP contribution in [-0.4, -0.2) is 0 Å². The standard InChI is InChI=1S/C18H22ClNO/c1-11(2)15-9-17(13(4)8-16(15)19)21-18-7-12(3)5-6-14(18)10-20/h5-9,11H,10,20H2,1-4H3. The molecule has 0 bridgehead atoms. The van der Waals surface area contributed by atoms with Crippen molar-refractivity contribution in [2.45, 2.75) is 40.2 Å². The minimum Gasteiger partial charge on any atom is -0.457 e. The third-order valence-electron chi connectivity index (χ3n) is 3.58. The largest absolute Gasteiger partial charge is 0.457 e. The fraction of sp³-hybridized carbons (Fsp3) is 0.333. The average molecular weight is 304 g/mol. The Hall–Kier alpha value is -1.51.